The van der Waals surface area contributed by atoms with Gasteiger partial charge in [-0.25, -0.2) is 4.98 Å². The Kier molecular flexibility index (Phi) is 6.80. The summed E-state index contributed by atoms with van der Waals surface area (Å²) in [6.07, 6.45) is 0.0863. The van der Waals surface area contributed by atoms with E-state index in [9.17, 15) is 22.7 Å². The lowest BCUT2D eigenvalue weighted by Gasteiger charge is -2.16. The zero-order valence-corrected chi connectivity index (χ0v) is 15.3. The third kappa shape index (κ3) is 5.22. The average Bonchev–Trinajstić information content (AvgIpc) is 2.73. The van der Waals surface area contributed by atoms with E-state index >= 15 is 0 Å². The lowest BCUT2D eigenvalue weighted by atomic mass is 10.1. The van der Waals surface area contributed by atoms with E-state index in [1.165, 1.54) is 54.7 Å². The van der Waals surface area contributed by atoms with Crippen molar-refractivity contribution in [2.45, 2.75) is 25.9 Å². The number of halogens is 4. The second kappa shape index (κ2) is 9.51. The molecule has 1 atom stereocenters. The number of ether oxygens (including phenoxy) is 2. The van der Waals surface area contributed by atoms with Gasteiger partial charge in [0.05, 0.1) is 18.0 Å². The Balaban J connectivity index is 2.01. The van der Waals surface area contributed by atoms with E-state index in [4.69, 9.17) is 5.11 Å². The van der Waals surface area contributed by atoms with Crippen molar-refractivity contribution in [2.24, 2.45) is 0 Å². The molecule has 0 fully saturated rings. The van der Waals surface area contributed by atoms with Crippen LogP contribution in [0.1, 0.15) is 23.1 Å². The number of rotatable bonds is 8. The van der Waals surface area contributed by atoms with Crippen LogP contribution in [0.3, 0.4) is 0 Å². The van der Waals surface area contributed by atoms with Gasteiger partial charge < -0.3 is 19.7 Å². The van der Waals surface area contributed by atoms with Gasteiger partial charge in [-0.3, -0.25) is 4.98 Å². The van der Waals surface area contributed by atoms with E-state index in [1.807, 2.05) is 0 Å². The van der Waals surface area contributed by atoms with E-state index in [0.717, 1.165) is 0 Å². The minimum Gasteiger partial charge on any atom is -0.435 e. The maximum Gasteiger partial charge on any atom is 0.387 e. The summed E-state index contributed by atoms with van der Waals surface area (Å²) in [6.45, 7) is -6.47. The van der Waals surface area contributed by atoms with Crippen LogP contribution < -0.4 is 9.47 Å². The fraction of sp³-hybridized carbons (Fsp3) is 0.200. The highest BCUT2D eigenvalue weighted by Crippen LogP contribution is 2.34. The van der Waals surface area contributed by atoms with E-state index < -0.39 is 19.3 Å². The number of alkyl halides is 4. The SMILES string of the molecule is OCc1ccc([C@H](O)c2ccc(OC(F)F)c(-c3cccc(OC(F)F)c3)n2)cn1. The predicted molar refractivity (Wildman–Crippen MR) is 97.2 cm³/mol. The third-order valence-corrected chi connectivity index (χ3v) is 4.03. The molecule has 0 radical (unpaired) electrons. The Bertz CT molecular complexity index is 987. The van der Waals surface area contributed by atoms with Crippen LogP contribution in [-0.4, -0.2) is 33.4 Å². The topological polar surface area (TPSA) is 84.7 Å². The van der Waals surface area contributed by atoms with Crippen LogP contribution in [-0.2, 0) is 6.61 Å². The molecule has 6 nitrogen and oxygen atoms in total. The molecule has 3 rings (SSSR count). The summed E-state index contributed by atoms with van der Waals surface area (Å²) < 4.78 is 59.4. The van der Waals surface area contributed by atoms with E-state index in [0.29, 0.717) is 11.3 Å². The summed E-state index contributed by atoms with van der Waals surface area (Å²) in [5, 5.41) is 19.7. The summed E-state index contributed by atoms with van der Waals surface area (Å²) in [4.78, 5) is 8.18. The molecule has 0 aliphatic carbocycles. The van der Waals surface area contributed by atoms with Gasteiger partial charge in [0.25, 0.3) is 0 Å². The van der Waals surface area contributed by atoms with Crippen molar-refractivity contribution < 1.29 is 37.2 Å². The fourth-order valence-electron chi connectivity index (χ4n) is 2.69. The molecule has 1 aromatic carbocycles. The molecular weight excluding hydrogens is 408 g/mol. The molecule has 0 spiro atoms. The van der Waals surface area contributed by atoms with Crippen LogP contribution in [0.4, 0.5) is 17.6 Å². The molecule has 0 aliphatic rings. The summed E-state index contributed by atoms with van der Waals surface area (Å²) in [7, 11) is 0. The highest BCUT2D eigenvalue weighted by Gasteiger charge is 2.19. The summed E-state index contributed by atoms with van der Waals surface area (Å²) >= 11 is 0. The lowest BCUT2D eigenvalue weighted by molar-refractivity contribution is -0.0500. The van der Waals surface area contributed by atoms with Crippen molar-refractivity contribution >= 4 is 0 Å². The predicted octanol–water partition coefficient (Wildman–Crippen LogP) is 3.92. The molecule has 2 N–H and O–H groups in total. The average molecular weight is 424 g/mol. The van der Waals surface area contributed by atoms with Gasteiger partial charge in [-0.15, -0.1) is 0 Å². The Labute approximate surface area is 168 Å². The normalized spacial score (nSPS) is 12.3. The highest BCUT2D eigenvalue weighted by atomic mass is 19.3. The van der Waals surface area contributed by atoms with Crippen molar-refractivity contribution in [3.05, 3.63) is 71.7 Å². The van der Waals surface area contributed by atoms with E-state index in [2.05, 4.69) is 19.4 Å². The van der Waals surface area contributed by atoms with Gasteiger partial charge in [0.2, 0.25) is 0 Å². The van der Waals surface area contributed by atoms with Crippen molar-refractivity contribution in [3.8, 4) is 22.8 Å². The number of benzene rings is 1. The van der Waals surface area contributed by atoms with Crippen molar-refractivity contribution in [2.75, 3.05) is 0 Å². The number of pyridine rings is 2. The molecule has 0 bridgehead atoms. The summed E-state index contributed by atoms with van der Waals surface area (Å²) in [5.74, 6) is -0.494. The maximum atomic E-state index is 12.8. The lowest BCUT2D eigenvalue weighted by Crippen LogP contribution is -2.08. The first-order valence-corrected chi connectivity index (χ1v) is 8.62. The zero-order chi connectivity index (χ0) is 21.7. The molecular formula is C20H16F4N2O4. The van der Waals surface area contributed by atoms with Crippen LogP contribution in [0.15, 0.2) is 54.7 Å². The molecule has 2 aromatic heterocycles. The second-order valence-electron chi connectivity index (χ2n) is 6.01. The van der Waals surface area contributed by atoms with Gasteiger partial charge in [0.15, 0.2) is 5.75 Å². The number of hydrogen-bond donors (Lipinski definition) is 2. The van der Waals surface area contributed by atoms with Crippen molar-refractivity contribution in [3.63, 3.8) is 0 Å². The van der Waals surface area contributed by atoms with Gasteiger partial charge in [-0.05, 0) is 30.3 Å². The first-order chi connectivity index (χ1) is 14.4. The molecule has 30 heavy (non-hydrogen) atoms. The highest BCUT2D eigenvalue weighted by molar-refractivity contribution is 5.68. The third-order valence-electron chi connectivity index (χ3n) is 4.03. The van der Waals surface area contributed by atoms with Gasteiger partial charge in [-0.2, -0.15) is 17.6 Å². The van der Waals surface area contributed by atoms with Crippen molar-refractivity contribution in [1.82, 2.24) is 9.97 Å². The molecule has 10 heteroatoms. The standard InChI is InChI=1S/C20H16F4N2O4/c21-19(22)29-14-3-1-2-11(8-14)17-16(30-20(23)24)7-6-15(26-17)18(28)12-4-5-13(10-27)25-9-12/h1-9,18-20,27-28H,10H2/t18-/m0/s1. The van der Waals surface area contributed by atoms with Gasteiger partial charge in [-0.1, -0.05) is 18.2 Å². The van der Waals surface area contributed by atoms with Gasteiger partial charge in [0, 0.05) is 17.3 Å². The second-order valence-corrected chi connectivity index (χ2v) is 6.01. The van der Waals surface area contributed by atoms with Crippen LogP contribution >= 0.6 is 0 Å². The minimum atomic E-state index is -3.14. The monoisotopic (exact) mass is 424 g/mol. The number of aromatic nitrogens is 2. The quantitative estimate of drug-likeness (QED) is 0.534. The molecule has 3 aromatic rings. The van der Waals surface area contributed by atoms with Gasteiger partial charge in [0.1, 0.15) is 17.5 Å². The Morgan fingerprint density at radius 2 is 1.70 bits per heavy atom. The smallest absolute Gasteiger partial charge is 0.387 e. The number of hydrogen-bond acceptors (Lipinski definition) is 6. The molecule has 0 aliphatic heterocycles. The van der Waals surface area contributed by atoms with Crippen LogP contribution in [0, 0.1) is 0 Å². The largest absolute Gasteiger partial charge is 0.435 e. The first-order valence-electron chi connectivity index (χ1n) is 8.62. The first kappa shape index (κ1) is 21.5. The fourth-order valence-corrected chi connectivity index (χ4v) is 2.69. The Morgan fingerprint density at radius 3 is 2.33 bits per heavy atom. The van der Waals surface area contributed by atoms with Crippen LogP contribution in [0.5, 0.6) is 11.5 Å². The van der Waals surface area contributed by atoms with Crippen molar-refractivity contribution in [1.29, 1.82) is 0 Å². The Morgan fingerprint density at radius 1 is 0.933 bits per heavy atom. The molecule has 0 unspecified atom stereocenters. The van der Waals surface area contributed by atoms with Crippen LogP contribution in [0.25, 0.3) is 11.3 Å². The molecule has 0 saturated heterocycles. The molecule has 0 amide bonds. The van der Waals surface area contributed by atoms with E-state index in [1.54, 1.807) is 0 Å². The molecule has 0 saturated carbocycles. The molecule has 158 valence electrons. The minimum absolute atomic E-state index is 0.0883. The number of aliphatic hydroxyl groups excluding tert-OH is 2. The summed E-state index contributed by atoms with van der Waals surface area (Å²) in [5.41, 5.74) is 0.919. The molecule has 2 heterocycles. The van der Waals surface area contributed by atoms with Gasteiger partial charge >= 0.3 is 13.2 Å². The Hall–Kier alpha value is -3.24. The zero-order valence-electron chi connectivity index (χ0n) is 15.3. The number of aliphatic hydroxyl groups is 2. The van der Waals surface area contributed by atoms with E-state index in [-0.39, 0.29) is 35.1 Å². The number of nitrogens with zero attached hydrogens (tertiary/aromatic N) is 2. The summed E-state index contributed by atoms with van der Waals surface area (Å²) in [6, 6.07) is 10.9. The van der Waals surface area contributed by atoms with Crippen LogP contribution in [0.2, 0.25) is 0 Å². The maximum absolute atomic E-state index is 12.8.